The molecule has 2 heterocycles. The normalized spacial score (nSPS) is 10.5. The van der Waals surface area contributed by atoms with Crippen molar-refractivity contribution in [2.45, 2.75) is 6.54 Å². The average Bonchev–Trinajstić information content (AvgIpc) is 3.44. The summed E-state index contributed by atoms with van der Waals surface area (Å²) in [4.78, 5) is 13.3. The van der Waals surface area contributed by atoms with E-state index in [0.29, 0.717) is 17.9 Å². The Morgan fingerprint density at radius 3 is 2.80 bits per heavy atom. The van der Waals surface area contributed by atoms with Gasteiger partial charge in [-0.1, -0.05) is 59.5 Å². The first kappa shape index (κ1) is 19.4. The molecule has 0 aliphatic rings. The third-order valence-electron chi connectivity index (χ3n) is 4.13. The molecule has 0 aliphatic heterocycles. The fourth-order valence-electron chi connectivity index (χ4n) is 2.74. The van der Waals surface area contributed by atoms with E-state index in [2.05, 4.69) is 27.5 Å². The van der Waals surface area contributed by atoms with Gasteiger partial charge in [0.05, 0.1) is 17.6 Å². The van der Waals surface area contributed by atoms with Gasteiger partial charge in [0.25, 0.3) is 0 Å². The van der Waals surface area contributed by atoms with Crippen LogP contribution in [0.25, 0.3) is 6.08 Å². The van der Waals surface area contributed by atoms with Crippen LogP contribution >= 0.6 is 11.3 Å². The van der Waals surface area contributed by atoms with E-state index in [1.165, 1.54) is 6.08 Å². The van der Waals surface area contributed by atoms with E-state index in [-0.39, 0.29) is 5.91 Å². The van der Waals surface area contributed by atoms with Gasteiger partial charge in [0, 0.05) is 17.3 Å². The molecule has 2 aromatic heterocycles. The van der Waals surface area contributed by atoms with Gasteiger partial charge in [0.15, 0.2) is 0 Å². The minimum Gasteiger partial charge on any atom is -0.322 e. The minimum atomic E-state index is -0.240. The number of hydrogen-bond acceptors (Lipinski definition) is 4. The SMILES string of the molecule is O=C(/C=C/c1cn(Cc2ccccc2)nn1)Nc1cccc(C#Cc2cccs2)c1. The van der Waals surface area contributed by atoms with Gasteiger partial charge in [-0.3, -0.25) is 4.79 Å². The Morgan fingerprint density at radius 2 is 1.97 bits per heavy atom. The van der Waals surface area contributed by atoms with Crippen LogP contribution in [0.5, 0.6) is 0 Å². The number of aromatic nitrogens is 3. The fraction of sp³-hybridized carbons (Fsp3) is 0.0417. The van der Waals surface area contributed by atoms with Crippen molar-refractivity contribution < 1.29 is 4.79 Å². The maximum Gasteiger partial charge on any atom is 0.248 e. The molecule has 1 amide bonds. The van der Waals surface area contributed by atoms with Gasteiger partial charge in [-0.25, -0.2) is 4.68 Å². The molecular formula is C24H18N4OS. The highest BCUT2D eigenvalue weighted by atomic mass is 32.1. The first-order chi connectivity index (χ1) is 14.7. The molecule has 146 valence electrons. The van der Waals surface area contributed by atoms with Crippen LogP contribution in [-0.2, 0) is 11.3 Å². The number of nitrogens with one attached hydrogen (secondary N) is 1. The first-order valence-electron chi connectivity index (χ1n) is 9.33. The van der Waals surface area contributed by atoms with E-state index in [4.69, 9.17) is 0 Å². The predicted octanol–water partition coefficient (Wildman–Crippen LogP) is 4.44. The Labute approximate surface area is 178 Å². The summed E-state index contributed by atoms with van der Waals surface area (Å²) in [6.45, 7) is 0.632. The molecule has 0 saturated carbocycles. The van der Waals surface area contributed by atoms with Crippen LogP contribution in [0.2, 0.25) is 0 Å². The van der Waals surface area contributed by atoms with E-state index >= 15 is 0 Å². The number of anilines is 1. The number of carbonyl (C=O) groups excluding carboxylic acids is 1. The molecule has 5 nitrogen and oxygen atoms in total. The zero-order chi connectivity index (χ0) is 20.6. The molecule has 0 fully saturated rings. The molecule has 0 radical (unpaired) electrons. The monoisotopic (exact) mass is 410 g/mol. The Kier molecular flexibility index (Phi) is 6.13. The second-order valence-corrected chi connectivity index (χ2v) is 7.40. The molecule has 0 unspecified atom stereocenters. The summed E-state index contributed by atoms with van der Waals surface area (Å²) in [6.07, 6.45) is 4.89. The summed E-state index contributed by atoms with van der Waals surface area (Å²) < 4.78 is 1.74. The van der Waals surface area contributed by atoms with Crippen molar-refractivity contribution >= 4 is 29.0 Å². The number of nitrogens with zero attached hydrogens (tertiary/aromatic N) is 3. The number of thiophene rings is 1. The maximum atomic E-state index is 12.3. The molecule has 0 saturated heterocycles. The largest absolute Gasteiger partial charge is 0.322 e. The fourth-order valence-corrected chi connectivity index (χ4v) is 3.31. The van der Waals surface area contributed by atoms with Crippen LogP contribution < -0.4 is 5.32 Å². The van der Waals surface area contributed by atoms with Crippen LogP contribution in [-0.4, -0.2) is 20.9 Å². The van der Waals surface area contributed by atoms with Gasteiger partial charge in [-0.15, -0.1) is 16.4 Å². The highest BCUT2D eigenvalue weighted by Gasteiger charge is 2.02. The number of amides is 1. The zero-order valence-corrected chi connectivity index (χ0v) is 16.8. The average molecular weight is 411 g/mol. The van der Waals surface area contributed by atoms with E-state index in [9.17, 15) is 4.79 Å². The van der Waals surface area contributed by atoms with Crippen LogP contribution in [0.15, 0.2) is 84.4 Å². The molecule has 0 aliphatic carbocycles. The number of rotatable bonds is 5. The van der Waals surface area contributed by atoms with Crippen molar-refractivity contribution in [3.05, 3.63) is 106 Å². The Hall–Kier alpha value is -3.95. The number of carbonyl (C=O) groups is 1. The number of benzene rings is 2. The third kappa shape index (κ3) is 5.53. The van der Waals surface area contributed by atoms with E-state index in [1.54, 1.807) is 28.3 Å². The van der Waals surface area contributed by atoms with Gasteiger partial charge < -0.3 is 5.32 Å². The summed E-state index contributed by atoms with van der Waals surface area (Å²) in [6, 6.07) is 21.4. The van der Waals surface area contributed by atoms with Gasteiger partial charge in [-0.05, 0) is 41.3 Å². The first-order valence-corrected chi connectivity index (χ1v) is 10.2. The molecule has 1 N–H and O–H groups in total. The lowest BCUT2D eigenvalue weighted by Gasteiger charge is -2.02. The standard InChI is InChI=1S/C24H18N4OS/c29-24(14-12-22-18-28(27-26-22)17-20-6-2-1-3-7-20)25-21-9-4-8-19(16-21)11-13-23-10-5-15-30-23/h1-10,12,14-16,18H,17H2,(H,25,29)/b14-12+. The third-order valence-corrected chi connectivity index (χ3v) is 4.92. The Bertz CT molecular complexity index is 1210. The summed E-state index contributed by atoms with van der Waals surface area (Å²) >= 11 is 1.60. The molecule has 6 heteroatoms. The minimum absolute atomic E-state index is 0.240. The van der Waals surface area contributed by atoms with E-state index in [1.807, 2.05) is 72.1 Å². The lowest BCUT2D eigenvalue weighted by molar-refractivity contribution is -0.111. The summed E-state index contributed by atoms with van der Waals surface area (Å²) in [5, 5.41) is 13.0. The predicted molar refractivity (Wildman–Crippen MR) is 120 cm³/mol. The Balaban J connectivity index is 1.35. The van der Waals surface area contributed by atoms with Crippen molar-refractivity contribution in [2.75, 3.05) is 5.32 Å². The second kappa shape index (κ2) is 9.50. The van der Waals surface area contributed by atoms with Crippen molar-refractivity contribution in [2.24, 2.45) is 0 Å². The van der Waals surface area contributed by atoms with E-state index in [0.717, 1.165) is 16.0 Å². The van der Waals surface area contributed by atoms with Gasteiger partial charge in [0.1, 0.15) is 5.69 Å². The van der Waals surface area contributed by atoms with Crippen molar-refractivity contribution in [3.8, 4) is 11.8 Å². The van der Waals surface area contributed by atoms with Crippen LogP contribution in [0.1, 0.15) is 21.7 Å². The molecule has 4 aromatic rings. The smallest absolute Gasteiger partial charge is 0.248 e. The molecule has 0 bridgehead atoms. The van der Waals surface area contributed by atoms with Crippen LogP contribution in [0, 0.1) is 11.8 Å². The lowest BCUT2D eigenvalue weighted by atomic mass is 10.2. The molecule has 0 spiro atoms. The highest BCUT2D eigenvalue weighted by Crippen LogP contribution is 2.12. The highest BCUT2D eigenvalue weighted by molar-refractivity contribution is 7.10. The van der Waals surface area contributed by atoms with Crippen LogP contribution in [0.3, 0.4) is 0 Å². The topological polar surface area (TPSA) is 59.8 Å². The summed E-state index contributed by atoms with van der Waals surface area (Å²) in [5.74, 6) is 5.98. The molecule has 0 atom stereocenters. The summed E-state index contributed by atoms with van der Waals surface area (Å²) in [7, 11) is 0. The quantitative estimate of drug-likeness (QED) is 0.391. The number of hydrogen-bond donors (Lipinski definition) is 1. The Morgan fingerprint density at radius 1 is 1.07 bits per heavy atom. The van der Waals surface area contributed by atoms with Crippen molar-refractivity contribution in [1.82, 2.24) is 15.0 Å². The van der Waals surface area contributed by atoms with E-state index < -0.39 is 0 Å². The molecule has 2 aromatic carbocycles. The van der Waals surface area contributed by atoms with Crippen molar-refractivity contribution in [1.29, 1.82) is 0 Å². The summed E-state index contributed by atoms with van der Waals surface area (Å²) in [5.41, 5.74) is 3.29. The molecule has 4 rings (SSSR count). The lowest BCUT2D eigenvalue weighted by Crippen LogP contribution is -2.07. The van der Waals surface area contributed by atoms with Crippen LogP contribution in [0.4, 0.5) is 5.69 Å². The van der Waals surface area contributed by atoms with Gasteiger partial charge in [-0.2, -0.15) is 0 Å². The zero-order valence-electron chi connectivity index (χ0n) is 16.0. The van der Waals surface area contributed by atoms with Gasteiger partial charge in [0.2, 0.25) is 5.91 Å². The second-order valence-electron chi connectivity index (χ2n) is 6.46. The molecule has 30 heavy (non-hydrogen) atoms. The van der Waals surface area contributed by atoms with Gasteiger partial charge >= 0.3 is 0 Å². The van der Waals surface area contributed by atoms with Crippen molar-refractivity contribution in [3.63, 3.8) is 0 Å². The molecular weight excluding hydrogens is 392 g/mol. The maximum absolute atomic E-state index is 12.3.